The summed E-state index contributed by atoms with van der Waals surface area (Å²) in [5, 5.41) is 8.59. The Labute approximate surface area is 193 Å². The predicted octanol–water partition coefficient (Wildman–Crippen LogP) is 3.27. The van der Waals surface area contributed by atoms with E-state index in [1.54, 1.807) is 59.3 Å². The molecule has 0 radical (unpaired) electrons. The minimum absolute atomic E-state index is 0.111. The van der Waals surface area contributed by atoms with Crippen molar-refractivity contribution in [3.63, 3.8) is 0 Å². The van der Waals surface area contributed by atoms with Crippen LogP contribution in [0, 0.1) is 0 Å². The van der Waals surface area contributed by atoms with Gasteiger partial charge in [-0.15, -0.1) is 10.2 Å². The number of rotatable bonds is 9. The van der Waals surface area contributed by atoms with Gasteiger partial charge in [0.1, 0.15) is 5.75 Å². The number of carbonyl (C=O) groups is 1. The SMILES string of the molecule is CCOc1ccc(-n2ccn3c(SCC(=O)c4ccc(OC)c(OC)c4)nnc3c2=O)cc1. The molecule has 0 amide bonds. The lowest BCUT2D eigenvalue weighted by Gasteiger charge is -2.09. The Bertz CT molecular complexity index is 1350. The number of thioether (sulfide) groups is 1. The zero-order chi connectivity index (χ0) is 23.4. The summed E-state index contributed by atoms with van der Waals surface area (Å²) in [5.74, 6) is 1.78. The van der Waals surface area contributed by atoms with Crippen molar-refractivity contribution in [1.82, 2.24) is 19.2 Å². The predicted molar refractivity (Wildman–Crippen MR) is 124 cm³/mol. The molecule has 10 heteroatoms. The molecule has 0 saturated carbocycles. The van der Waals surface area contributed by atoms with Crippen LogP contribution < -0.4 is 19.8 Å². The quantitative estimate of drug-likeness (QED) is 0.274. The largest absolute Gasteiger partial charge is 0.494 e. The first kappa shape index (κ1) is 22.4. The molecule has 0 aliphatic carbocycles. The normalized spacial score (nSPS) is 10.9. The third-order valence-electron chi connectivity index (χ3n) is 4.90. The molecule has 0 atom stereocenters. The number of fused-ring (bicyclic) bond motifs is 1. The number of Topliss-reactive ketones (excluding diaryl/α,β-unsaturated/α-hetero) is 1. The minimum atomic E-state index is -0.313. The van der Waals surface area contributed by atoms with E-state index in [4.69, 9.17) is 14.2 Å². The van der Waals surface area contributed by atoms with Crippen LogP contribution in [0.2, 0.25) is 0 Å². The number of carbonyl (C=O) groups excluding carboxylic acids is 1. The van der Waals surface area contributed by atoms with E-state index >= 15 is 0 Å². The molecule has 33 heavy (non-hydrogen) atoms. The van der Waals surface area contributed by atoms with Crippen LogP contribution in [0.1, 0.15) is 17.3 Å². The molecular weight excluding hydrogens is 444 g/mol. The fourth-order valence-electron chi connectivity index (χ4n) is 3.26. The van der Waals surface area contributed by atoms with Crippen molar-refractivity contribution in [2.24, 2.45) is 0 Å². The van der Waals surface area contributed by atoms with Gasteiger partial charge in [-0.05, 0) is 49.4 Å². The van der Waals surface area contributed by atoms with Gasteiger partial charge in [-0.2, -0.15) is 0 Å². The van der Waals surface area contributed by atoms with E-state index in [0.29, 0.717) is 34.5 Å². The Hall–Kier alpha value is -3.79. The van der Waals surface area contributed by atoms with Crippen molar-refractivity contribution in [3.8, 4) is 22.9 Å². The molecule has 4 rings (SSSR count). The Morgan fingerprint density at radius 3 is 2.45 bits per heavy atom. The third kappa shape index (κ3) is 4.56. The van der Waals surface area contributed by atoms with Crippen LogP contribution >= 0.6 is 11.8 Å². The van der Waals surface area contributed by atoms with Crippen LogP contribution in [-0.4, -0.2) is 51.5 Å². The Morgan fingerprint density at radius 1 is 1.00 bits per heavy atom. The number of hydrogen-bond donors (Lipinski definition) is 0. The molecule has 0 unspecified atom stereocenters. The van der Waals surface area contributed by atoms with Crippen molar-refractivity contribution >= 4 is 23.2 Å². The van der Waals surface area contributed by atoms with Crippen molar-refractivity contribution in [2.45, 2.75) is 12.1 Å². The van der Waals surface area contributed by atoms with Gasteiger partial charge in [0.05, 0.1) is 26.6 Å². The van der Waals surface area contributed by atoms with Crippen molar-refractivity contribution < 1.29 is 19.0 Å². The van der Waals surface area contributed by atoms with Gasteiger partial charge < -0.3 is 14.2 Å². The van der Waals surface area contributed by atoms with Gasteiger partial charge in [0.25, 0.3) is 0 Å². The number of benzene rings is 2. The molecule has 0 saturated heterocycles. The summed E-state index contributed by atoms with van der Waals surface area (Å²) in [7, 11) is 3.05. The van der Waals surface area contributed by atoms with E-state index in [-0.39, 0.29) is 22.7 Å². The van der Waals surface area contributed by atoms with Crippen molar-refractivity contribution in [2.75, 3.05) is 26.6 Å². The molecule has 0 N–H and O–H groups in total. The lowest BCUT2D eigenvalue weighted by atomic mass is 10.1. The summed E-state index contributed by atoms with van der Waals surface area (Å²) in [6.07, 6.45) is 3.35. The maximum atomic E-state index is 12.9. The molecular formula is C23H22N4O5S. The maximum Gasteiger partial charge on any atom is 0.300 e. The molecule has 2 aromatic carbocycles. The molecule has 0 fully saturated rings. The second-order valence-electron chi connectivity index (χ2n) is 6.86. The summed E-state index contributed by atoms with van der Waals surface area (Å²) in [5.41, 5.74) is 1.04. The summed E-state index contributed by atoms with van der Waals surface area (Å²) in [4.78, 5) is 25.6. The van der Waals surface area contributed by atoms with Gasteiger partial charge in [-0.25, -0.2) is 0 Å². The molecule has 170 valence electrons. The summed E-state index contributed by atoms with van der Waals surface area (Å²) >= 11 is 1.20. The average Bonchev–Trinajstić information content (AvgIpc) is 3.27. The lowest BCUT2D eigenvalue weighted by Crippen LogP contribution is -2.20. The van der Waals surface area contributed by atoms with E-state index in [0.717, 1.165) is 5.75 Å². The van der Waals surface area contributed by atoms with Crippen LogP contribution in [0.5, 0.6) is 17.2 Å². The maximum absolute atomic E-state index is 12.9. The molecule has 0 spiro atoms. The standard InChI is InChI=1S/C23H22N4O5S/c1-4-32-17-8-6-16(7-9-17)26-11-12-27-21(22(26)29)24-25-23(27)33-14-18(28)15-5-10-19(30-2)20(13-15)31-3/h5-13H,4,14H2,1-3H3. The van der Waals surface area contributed by atoms with Gasteiger partial charge in [0.15, 0.2) is 22.4 Å². The molecule has 2 heterocycles. The monoisotopic (exact) mass is 466 g/mol. The highest BCUT2D eigenvalue weighted by Gasteiger charge is 2.16. The Kier molecular flexibility index (Phi) is 6.64. The Morgan fingerprint density at radius 2 is 1.76 bits per heavy atom. The fourth-order valence-corrected chi connectivity index (χ4v) is 4.07. The van der Waals surface area contributed by atoms with E-state index in [1.165, 1.54) is 30.5 Å². The van der Waals surface area contributed by atoms with Crippen LogP contribution in [0.15, 0.2) is 64.8 Å². The van der Waals surface area contributed by atoms with Crippen LogP contribution in [-0.2, 0) is 0 Å². The van der Waals surface area contributed by atoms with E-state index in [2.05, 4.69) is 10.2 Å². The second kappa shape index (κ2) is 9.78. The molecule has 0 bridgehead atoms. The van der Waals surface area contributed by atoms with Crippen molar-refractivity contribution in [1.29, 1.82) is 0 Å². The number of ketones is 1. The number of aromatic nitrogens is 4. The molecule has 0 aliphatic heterocycles. The van der Waals surface area contributed by atoms with Gasteiger partial charge >= 0.3 is 5.56 Å². The zero-order valence-electron chi connectivity index (χ0n) is 18.3. The first-order chi connectivity index (χ1) is 16.0. The molecule has 0 aliphatic rings. The average molecular weight is 467 g/mol. The summed E-state index contributed by atoms with van der Waals surface area (Å²) in [6, 6.07) is 12.2. The number of nitrogens with zero attached hydrogens (tertiary/aromatic N) is 4. The molecule has 4 aromatic rings. The second-order valence-corrected chi connectivity index (χ2v) is 7.80. The summed E-state index contributed by atoms with van der Waals surface area (Å²) in [6.45, 7) is 2.48. The first-order valence-electron chi connectivity index (χ1n) is 10.1. The molecule has 9 nitrogen and oxygen atoms in total. The highest BCUT2D eigenvalue weighted by atomic mass is 32.2. The Balaban J connectivity index is 1.53. The number of hydrogen-bond acceptors (Lipinski definition) is 8. The summed E-state index contributed by atoms with van der Waals surface area (Å²) < 4.78 is 19.0. The smallest absolute Gasteiger partial charge is 0.300 e. The topological polar surface area (TPSA) is 97.0 Å². The zero-order valence-corrected chi connectivity index (χ0v) is 19.2. The molecule has 2 aromatic heterocycles. The number of methoxy groups -OCH3 is 2. The highest BCUT2D eigenvalue weighted by molar-refractivity contribution is 7.99. The van der Waals surface area contributed by atoms with E-state index < -0.39 is 0 Å². The van der Waals surface area contributed by atoms with E-state index in [9.17, 15) is 9.59 Å². The minimum Gasteiger partial charge on any atom is -0.494 e. The first-order valence-corrected chi connectivity index (χ1v) is 11.1. The number of ether oxygens (including phenoxy) is 3. The van der Waals surface area contributed by atoms with Crippen molar-refractivity contribution in [3.05, 3.63) is 70.8 Å². The van der Waals surface area contributed by atoms with Gasteiger partial charge in [-0.3, -0.25) is 18.6 Å². The van der Waals surface area contributed by atoms with Gasteiger partial charge in [-0.1, -0.05) is 11.8 Å². The fraction of sp³-hybridized carbons (Fsp3) is 0.217. The van der Waals surface area contributed by atoms with E-state index in [1.807, 2.05) is 6.92 Å². The highest BCUT2D eigenvalue weighted by Crippen LogP contribution is 2.28. The van der Waals surface area contributed by atoms with Crippen LogP contribution in [0.4, 0.5) is 0 Å². The lowest BCUT2D eigenvalue weighted by molar-refractivity contribution is 0.102. The van der Waals surface area contributed by atoms with Gasteiger partial charge in [0, 0.05) is 23.6 Å². The van der Waals surface area contributed by atoms with Crippen LogP contribution in [0.3, 0.4) is 0 Å². The third-order valence-corrected chi connectivity index (χ3v) is 5.85. The van der Waals surface area contributed by atoms with Crippen LogP contribution in [0.25, 0.3) is 11.3 Å². The van der Waals surface area contributed by atoms with Gasteiger partial charge in [0.2, 0.25) is 5.65 Å².